The summed E-state index contributed by atoms with van der Waals surface area (Å²) in [6.45, 7) is 7.93. The SMILES string of the molecule is CCCNC(Cc1ccncc1)C(CC)CC. The summed E-state index contributed by atoms with van der Waals surface area (Å²) in [6, 6.07) is 4.86. The topological polar surface area (TPSA) is 24.9 Å². The predicted octanol–water partition coefficient (Wildman–Crippen LogP) is 3.43. The van der Waals surface area contributed by atoms with Crippen LogP contribution in [0.25, 0.3) is 0 Å². The fraction of sp³-hybridized carbons (Fsp3) is 0.667. The minimum Gasteiger partial charge on any atom is -0.313 e. The van der Waals surface area contributed by atoms with Gasteiger partial charge in [0.1, 0.15) is 0 Å². The van der Waals surface area contributed by atoms with Crippen LogP contribution in [0.2, 0.25) is 0 Å². The van der Waals surface area contributed by atoms with Gasteiger partial charge in [0.05, 0.1) is 0 Å². The Bertz CT molecular complexity index is 280. The van der Waals surface area contributed by atoms with Crippen LogP contribution < -0.4 is 5.32 Å². The van der Waals surface area contributed by atoms with E-state index in [0.29, 0.717) is 6.04 Å². The number of nitrogens with one attached hydrogen (secondary N) is 1. The fourth-order valence-electron chi connectivity index (χ4n) is 2.37. The lowest BCUT2D eigenvalue weighted by Crippen LogP contribution is -2.38. The van der Waals surface area contributed by atoms with Crippen LogP contribution in [-0.4, -0.2) is 17.6 Å². The van der Waals surface area contributed by atoms with Gasteiger partial charge in [0.15, 0.2) is 0 Å². The Morgan fingerprint density at radius 1 is 1.12 bits per heavy atom. The molecule has 0 saturated heterocycles. The first kappa shape index (κ1) is 14.2. The third-order valence-corrected chi connectivity index (χ3v) is 3.48. The molecule has 2 heteroatoms. The zero-order valence-corrected chi connectivity index (χ0v) is 11.4. The molecule has 1 aromatic heterocycles. The highest BCUT2D eigenvalue weighted by molar-refractivity contribution is 5.11. The van der Waals surface area contributed by atoms with Gasteiger partial charge in [-0.25, -0.2) is 0 Å². The molecule has 0 radical (unpaired) electrons. The molecule has 1 atom stereocenters. The molecule has 0 saturated carbocycles. The maximum Gasteiger partial charge on any atom is 0.0270 e. The summed E-state index contributed by atoms with van der Waals surface area (Å²) in [5, 5.41) is 3.70. The van der Waals surface area contributed by atoms with Crippen molar-refractivity contribution in [2.24, 2.45) is 5.92 Å². The molecule has 2 nitrogen and oxygen atoms in total. The van der Waals surface area contributed by atoms with Crippen molar-refractivity contribution in [3.63, 3.8) is 0 Å². The summed E-state index contributed by atoms with van der Waals surface area (Å²) in [6.07, 6.45) is 8.60. The minimum absolute atomic E-state index is 0.604. The lowest BCUT2D eigenvalue weighted by Gasteiger charge is -2.26. The van der Waals surface area contributed by atoms with Crippen molar-refractivity contribution in [3.05, 3.63) is 30.1 Å². The van der Waals surface area contributed by atoms with Gasteiger partial charge < -0.3 is 5.32 Å². The first-order chi connectivity index (χ1) is 8.31. The summed E-state index contributed by atoms with van der Waals surface area (Å²) in [7, 11) is 0. The van der Waals surface area contributed by atoms with Crippen molar-refractivity contribution >= 4 is 0 Å². The monoisotopic (exact) mass is 234 g/mol. The summed E-state index contributed by atoms with van der Waals surface area (Å²) < 4.78 is 0. The fourth-order valence-corrected chi connectivity index (χ4v) is 2.37. The van der Waals surface area contributed by atoms with Gasteiger partial charge in [0.2, 0.25) is 0 Å². The Labute approximate surface area is 106 Å². The molecule has 1 aromatic rings. The summed E-state index contributed by atoms with van der Waals surface area (Å²) >= 11 is 0. The minimum atomic E-state index is 0.604. The van der Waals surface area contributed by atoms with Crippen molar-refractivity contribution in [1.82, 2.24) is 10.3 Å². The van der Waals surface area contributed by atoms with Crippen LogP contribution in [0.1, 0.15) is 45.6 Å². The van der Waals surface area contributed by atoms with E-state index in [0.717, 1.165) is 18.9 Å². The van der Waals surface area contributed by atoms with E-state index in [1.54, 1.807) is 0 Å². The molecule has 1 heterocycles. The van der Waals surface area contributed by atoms with Gasteiger partial charge in [0, 0.05) is 18.4 Å². The molecule has 1 unspecified atom stereocenters. The Kier molecular flexibility index (Phi) is 6.87. The van der Waals surface area contributed by atoms with E-state index >= 15 is 0 Å². The molecule has 1 rings (SSSR count). The zero-order chi connectivity index (χ0) is 12.5. The van der Waals surface area contributed by atoms with Crippen molar-refractivity contribution in [2.45, 2.75) is 52.5 Å². The molecule has 0 bridgehead atoms. The van der Waals surface area contributed by atoms with E-state index in [2.05, 4.69) is 43.2 Å². The standard InChI is InChI=1S/C15H26N2/c1-4-9-17-15(14(5-2)6-3)12-13-7-10-16-11-8-13/h7-8,10-11,14-15,17H,4-6,9,12H2,1-3H3. The average Bonchev–Trinajstić information content (AvgIpc) is 2.38. The number of pyridine rings is 1. The number of hydrogen-bond acceptors (Lipinski definition) is 2. The van der Waals surface area contributed by atoms with E-state index in [1.165, 1.54) is 24.8 Å². The zero-order valence-electron chi connectivity index (χ0n) is 11.4. The van der Waals surface area contributed by atoms with Gasteiger partial charge in [-0.15, -0.1) is 0 Å². The maximum absolute atomic E-state index is 4.08. The molecule has 0 spiro atoms. The molecule has 0 aliphatic rings. The van der Waals surface area contributed by atoms with Gasteiger partial charge in [-0.1, -0.05) is 33.6 Å². The highest BCUT2D eigenvalue weighted by Gasteiger charge is 2.17. The first-order valence-electron chi connectivity index (χ1n) is 6.94. The lowest BCUT2D eigenvalue weighted by atomic mass is 9.89. The molecule has 0 fully saturated rings. The third kappa shape index (κ3) is 4.86. The lowest BCUT2D eigenvalue weighted by molar-refractivity contribution is 0.332. The summed E-state index contributed by atoms with van der Waals surface area (Å²) in [5.74, 6) is 0.773. The van der Waals surface area contributed by atoms with Gasteiger partial charge in [0.25, 0.3) is 0 Å². The molecule has 0 aliphatic heterocycles. The average molecular weight is 234 g/mol. The second kappa shape index (κ2) is 8.24. The number of hydrogen-bond donors (Lipinski definition) is 1. The molecule has 0 aliphatic carbocycles. The van der Waals surface area contributed by atoms with E-state index in [4.69, 9.17) is 0 Å². The van der Waals surface area contributed by atoms with Crippen LogP contribution in [0.15, 0.2) is 24.5 Å². The Morgan fingerprint density at radius 2 is 1.76 bits per heavy atom. The second-order valence-electron chi connectivity index (χ2n) is 4.70. The van der Waals surface area contributed by atoms with Gasteiger partial charge >= 0.3 is 0 Å². The molecule has 1 N–H and O–H groups in total. The van der Waals surface area contributed by atoms with Crippen molar-refractivity contribution in [2.75, 3.05) is 6.54 Å². The third-order valence-electron chi connectivity index (χ3n) is 3.48. The Hall–Kier alpha value is -0.890. The quantitative estimate of drug-likeness (QED) is 0.745. The van der Waals surface area contributed by atoms with E-state index in [9.17, 15) is 0 Å². The molecule has 96 valence electrons. The van der Waals surface area contributed by atoms with Crippen LogP contribution in [0.4, 0.5) is 0 Å². The van der Waals surface area contributed by atoms with Crippen molar-refractivity contribution < 1.29 is 0 Å². The molecular weight excluding hydrogens is 208 g/mol. The molecule has 0 amide bonds. The van der Waals surface area contributed by atoms with Crippen LogP contribution in [0, 0.1) is 5.92 Å². The van der Waals surface area contributed by atoms with Crippen molar-refractivity contribution in [1.29, 1.82) is 0 Å². The molecule has 17 heavy (non-hydrogen) atoms. The summed E-state index contributed by atoms with van der Waals surface area (Å²) in [4.78, 5) is 4.08. The Balaban J connectivity index is 2.62. The van der Waals surface area contributed by atoms with Crippen molar-refractivity contribution in [3.8, 4) is 0 Å². The summed E-state index contributed by atoms with van der Waals surface area (Å²) in [5.41, 5.74) is 1.39. The largest absolute Gasteiger partial charge is 0.313 e. The number of rotatable bonds is 8. The van der Waals surface area contributed by atoms with E-state index in [1.807, 2.05) is 12.4 Å². The van der Waals surface area contributed by atoms with Gasteiger partial charge in [-0.3, -0.25) is 4.98 Å². The highest BCUT2D eigenvalue weighted by Crippen LogP contribution is 2.17. The van der Waals surface area contributed by atoms with Crippen LogP contribution in [-0.2, 0) is 6.42 Å². The Morgan fingerprint density at radius 3 is 2.29 bits per heavy atom. The predicted molar refractivity (Wildman–Crippen MR) is 74.1 cm³/mol. The second-order valence-corrected chi connectivity index (χ2v) is 4.70. The molecule has 0 aromatic carbocycles. The van der Waals surface area contributed by atoms with Crippen LogP contribution >= 0.6 is 0 Å². The van der Waals surface area contributed by atoms with Gasteiger partial charge in [-0.05, 0) is 43.0 Å². The maximum atomic E-state index is 4.08. The van der Waals surface area contributed by atoms with E-state index < -0.39 is 0 Å². The number of aromatic nitrogens is 1. The molecular formula is C15H26N2. The normalized spacial score (nSPS) is 12.9. The smallest absolute Gasteiger partial charge is 0.0270 e. The van der Waals surface area contributed by atoms with E-state index in [-0.39, 0.29) is 0 Å². The van der Waals surface area contributed by atoms with Crippen LogP contribution in [0.3, 0.4) is 0 Å². The van der Waals surface area contributed by atoms with Crippen LogP contribution in [0.5, 0.6) is 0 Å². The van der Waals surface area contributed by atoms with Gasteiger partial charge in [-0.2, -0.15) is 0 Å². The highest BCUT2D eigenvalue weighted by atomic mass is 14.9. The first-order valence-corrected chi connectivity index (χ1v) is 6.94. The number of nitrogens with zero attached hydrogens (tertiary/aromatic N) is 1.